The average molecular weight is 356 g/mol. The maximum atomic E-state index is 12.9. The van der Waals surface area contributed by atoms with Gasteiger partial charge in [0.05, 0.1) is 17.7 Å². The van der Waals surface area contributed by atoms with E-state index in [4.69, 9.17) is 0 Å². The van der Waals surface area contributed by atoms with Crippen LogP contribution in [0.25, 0.3) is 0 Å². The Kier molecular flexibility index (Phi) is 5.63. The van der Waals surface area contributed by atoms with Gasteiger partial charge in [0, 0.05) is 0 Å². The topological polar surface area (TPSA) is 72.4 Å². The minimum atomic E-state index is -4.48. The zero-order chi connectivity index (χ0) is 18.6. The number of amides is 1. The molecule has 0 aromatic heterocycles. The fraction of sp³-hybridized carbons (Fsp3) is 0.235. The summed E-state index contributed by atoms with van der Waals surface area (Å²) in [5, 5.41) is 23.2. The highest BCUT2D eigenvalue weighted by atomic mass is 19.4. The van der Waals surface area contributed by atoms with E-state index >= 15 is 0 Å². The molecule has 2 aromatic rings. The Bertz CT molecular complexity index is 714. The normalized spacial score (nSPS) is 14.0. The number of nitrogens with one attached hydrogen (secondary N) is 1. The standard InChI is InChI=1S/C17H15F4NO3/c18-13-7-3-11(4-8-13)15(23)14(22-16(24)25)9-10-1-5-12(6-2-10)17(19,20)21/h1-8,14-15,22-23H,9H2,(H,24,25)/p-1. The number of rotatable bonds is 5. The summed E-state index contributed by atoms with van der Waals surface area (Å²) in [6.07, 6.45) is -7.53. The van der Waals surface area contributed by atoms with Gasteiger partial charge in [-0.05, 0) is 41.8 Å². The molecule has 0 heterocycles. The number of carbonyl (C=O) groups is 1. The quantitative estimate of drug-likeness (QED) is 0.809. The Balaban J connectivity index is 2.19. The van der Waals surface area contributed by atoms with Crippen LogP contribution in [0.2, 0.25) is 0 Å². The van der Waals surface area contributed by atoms with E-state index in [-0.39, 0.29) is 12.0 Å². The lowest BCUT2D eigenvalue weighted by molar-refractivity contribution is -0.252. The van der Waals surface area contributed by atoms with Crippen LogP contribution in [0.5, 0.6) is 0 Å². The minimum Gasteiger partial charge on any atom is -0.530 e. The number of carboxylic acid groups (broad SMARTS) is 1. The molecule has 0 spiro atoms. The van der Waals surface area contributed by atoms with Gasteiger partial charge in [-0.15, -0.1) is 0 Å². The van der Waals surface area contributed by atoms with Crippen LogP contribution in [-0.4, -0.2) is 17.2 Å². The summed E-state index contributed by atoms with van der Waals surface area (Å²) in [5.74, 6) is -0.525. The van der Waals surface area contributed by atoms with E-state index in [1.807, 2.05) is 5.32 Å². The first kappa shape index (κ1) is 18.7. The Morgan fingerprint density at radius 2 is 1.64 bits per heavy atom. The summed E-state index contributed by atoms with van der Waals surface area (Å²) < 4.78 is 50.7. The summed E-state index contributed by atoms with van der Waals surface area (Å²) in [6.45, 7) is 0. The minimum absolute atomic E-state index is 0.0787. The number of hydrogen-bond donors (Lipinski definition) is 2. The Morgan fingerprint density at radius 1 is 1.08 bits per heavy atom. The highest BCUT2D eigenvalue weighted by molar-refractivity contribution is 5.62. The second-order valence-corrected chi connectivity index (χ2v) is 5.43. The number of benzene rings is 2. The molecule has 0 bridgehead atoms. The zero-order valence-electron chi connectivity index (χ0n) is 12.8. The molecule has 0 aliphatic heterocycles. The molecular weight excluding hydrogens is 342 g/mol. The molecule has 0 aliphatic carbocycles. The molecule has 0 saturated carbocycles. The van der Waals surface area contributed by atoms with Crippen LogP contribution in [0.3, 0.4) is 0 Å². The van der Waals surface area contributed by atoms with Gasteiger partial charge in [0.2, 0.25) is 0 Å². The third-order valence-corrected chi connectivity index (χ3v) is 3.63. The van der Waals surface area contributed by atoms with Crippen molar-refractivity contribution in [3.05, 3.63) is 71.0 Å². The first-order valence-corrected chi connectivity index (χ1v) is 7.24. The Hall–Kier alpha value is -2.61. The predicted octanol–water partition coefficient (Wildman–Crippen LogP) is 2.42. The van der Waals surface area contributed by atoms with Gasteiger partial charge in [-0.25, -0.2) is 4.39 Å². The largest absolute Gasteiger partial charge is 0.530 e. The van der Waals surface area contributed by atoms with E-state index in [1.165, 1.54) is 24.3 Å². The summed E-state index contributed by atoms with van der Waals surface area (Å²) >= 11 is 0. The fourth-order valence-electron chi connectivity index (χ4n) is 2.37. The van der Waals surface area contributed by atoms with Crippen LogP contribution in [0, 0.1) is 5.82 Å². The van der Waals surface area contributed by atoms with Crippen molar-refractivity contribution in [2.75, 3.05) is 0 Å². The lowest BCUT2D eigenvalue weighted by Crippen LogP contribution is -2.47. The second kappa shape index (κ2) is 7.52. The van der Waals surface area contributed by atoms with Crippen molar-refractivity contribution in [1.29, 1.82) is 0 Å². The number of hydrogen-bond acceptors (Lipinski definition) is 3. The highest BCUT2D eigenvalue weighted by Crippen LogP contribution is 2.29. The number of aliphatic hydroxyl groups is 1. The van der Waals surface area contributed by atoms with Gasteiger partial charge in [-0.1, -0.05) is 24.3 Å². The van der Waals surface area contributed by atoms with E-state index in [0.29, 0.717) is 5.56 Å². The van der Waals surface area contributed by atoms with E-state index in [2.05, 4.69) is 0 Å². The van der Waals surface area contributed by atoms with Crippen molar-refractivity contribution in [3.63, 3.8) is 0 Å². The van der Waals surface area contributed by atoms with Crippen LogP contribution < -0.4 is 10.4 Å². The smallest absolute Gasteiger partial charge is 0.416 e. The number of alkyl halides is 3. The lowest BCUT2D eigenvalue weighted by Gasteiger charge is -2.26. The molecule has 1 amide bonds. The molecule has 2 N–H and O–H groups in total. The molecule has 2 atom stereocenters. The molecule has 134 valence electrons. The van der Waals surface area contributed by atoms with Gasteiger partial charge in [-0.3, -0.25) is 0 Å². The molecule has 25 heavy (non-hydrogen) atoms. The van der Waals surface area contributed by atoms with Gasteiger partial charge in [0.1, 0.15) is 11.9 Å². The van der Waals surface area contributed by atoms with Gasteiger partial charge < -0.3 is 20.3 Å². The molecule has 2 rings (SSSR count). The molecule has 2 aromatic carbocycles. The zero-order valence-corrected chi connectivity index (χ0v) is 12.8. The highest BCUT2D eigenvalue weighted by Gasteiger charge is 2.30. The van der Waals surface area contributed by atoms with E-state index in [1.54, 1.807) is 0 Å². The third kappa shape index (κ3) is 5.18. The Labute approximate surface area is 140 Å². The van der Waals surface area contributed by atoms with Crippen molar-refractivity contribution >= 4 is 6.09 Å². The molecule has 0 fully saturated rings. The van der Waals surface area contributed by atoms with Gasteiger partial charge >= 0.3 is 6.18 Å². The van der Waals surface area contributed by atoms with Crippen molar-refractivity contribution in [2.45, 2.75) is 24.7 Å². The first-order valence-electron chi connectivity index (χ1n) is 7.24. The number of halogens is 4. The summed E-state index contributed by atoms with van der Waals surface area (Å²) in [6, 6.07) is 7.85. The van der Waals surface area contributed by atoms with Crippen molar-refractivity contribution in [3.8, 4) is 0 Å². The maximum Gasteiger partial charge on any atom is 0.416 e. The molecule has 0 radical (unpaired) electrons. The molecule has 0 saturated heterocycles. The number of carbonyl (C=O) groups excluding carboxylic acids is 1. The number of aliphatic hydroxyl groups excluding tert-OH is 1. The van der Waals surface area contributed by atoms with Crippen LogP contribution in [0.15, 0.2) is 48.5 Å². The molecule has 2 unspecified atom stereocenters. The molecule has 8 heteroatoms. The van der Waals surface area contributed by atoms with Crippen LogP contribution in [-0.2, 0) is 12.6 Å². The second-order valence-electron chi connectivity index (χ2n) is 5.43. The van der Waals surface area contributed by atoms with Crippen molar-refractivity contribution in [1.82, 2.24) is 5.32 Å². The predicted molar refractivity (Wildman–Crippen MR) is 78.8 cm³/mol. The van der Waals surface area contributed by atoms with Crippen molar-refractivity contribution in [2.24, 2.45) is 0 Å². The lowest BCUT2D eigenvalue weighted by atomic mass is 9.95. The van der Waals surface area contributed by atoms with E-state index in [9.17, 15) is 32.6 Å². The Morgan fingerprint density at radius 3 is 2.12 bits per heavy atom. The molecule has 0 aliphatic rings. The van der Waals surface area contributed by atoms with Crippen LogP contribution >= 0.6 is 0 Å². The summed E-state index contributed by atoms with van der Waals surface area (Å²) in [4.78, 5) is 10.8. The maximum absolute atomic E-state index is 12.9. The monoisotopic (exact) mass is 356 g/mol. The fourth-order valence-corrected chi connectivity index (χ4v) is 2.37. The van der Waals surface area contributed by atoms with Gasteiger partial charge in [-0.2, -0.15) is 13.2 Å². The molecular formula is C17H14F4NO3-. The average Bonchev–Trinajstić information content (AvgIpc) is 2.53. The summed E-state index contributed by atoms with van der Waals surface area (Å²) in [7, 11) is 0. The SMILES string of the molecule is O=C([O-])NC(Cc1ccc(C(F)(F)F)cc1)C(O)c1ccc(F)cc1. The summed E-state index contributed by atoms with van der Waals surface area (Å²) in [5.41, 5.74) is -0.195. The van der Waals surface area contributed by atoms with Gasteiger partial charge in [0.25, 0.3) is 0 Å². The van der Waals surface area contributed by atoms with E-state index in [0.717, 1.165) is 24.3 Å². The van der Waals surface area contributed by atoms with E-state index < -0.39 is 35.8 Å². The first-order chi connectivity index (χ1) is 11.7. The third-order valence-electron chi connectivity index (χ3n) is 3.63. The van der Waals surface area contributed by atoms with Crippen LogP contribution in [0.1, 0.15) is 22.8 Å². The molecule has 4 nitrogen and oxygen atoms in total. The van der Waals surface area contributed by atoms with Crippen molar-refractivity contribution < 1.29 is 32.6 Å². The van der Waals surface area contributed by atoms with Crippen LogP contribution in [0.4, 0.5) is 22.4 Å². The van der Waals surface area contributed by atoms with Gasteiger partial charge in [0.15, 0.2) is 0 Å².